The van der Waals surface area contributed by atoms with E-state index < -0.39 is 5.82 Å². The highest BCUT2D eigenvalue weighted by atomic mass is 35.5. The Morgan fingerprint density at radius 3 is 2.42 bits per heavy atom. The summed E-state index contributed by atoms with van der Waals surface area (Å²) in [6, 6.07) is 11.8. The van der Waals surface area contributed by atoms with Gasteiger partial charge in [-0.1, -0.05) is 52.7 Å². The summed E-state index contributed by atoms with van der Waals surface area (Å²) >= 11 is 6.17. The maximum Gasteiger partial charge on any atom is 0.259 e. The van der Waals surface area contributed by atoms with Crippen LogP contribution in [-0.2, 0) is 0 Å². The van der Waals surface area contributed by atoms with Crippen LogP contribution < -0.4 is 0 Å². The molecule has 0 spiro atoms. The molecular weight excluding hydrogens is 419 g/mol. The summed E-state index contributed by atoms with van der Waals surface area (Å²) in [5.74, 6) is -0.591. The van der Waals surface area contributed by atoms with Crippen molar-refractivity contribution in [2.45, 2.75) is 26.7 Å². The summed E-state index contributed by atoms with van der Waals surface area (Å²) in [5.41, 5.74) is 2.15. The first-order chi connectivity index (χ1) is 14.9. The molecular formula is C24H22ClFN2O3. The summed E-state index contributed by atoms with van der Waals surface area (Å²) in [6.07, 6.45) is 1.14. The van der Waals surface area contributed by atoms with Gasteiger partial charge in [-0.05, 0) is 38.8 Å². The zero-order chi connectivity index (χ0) is 22.1. The second-order valence-electron chi connectivity index (χ2n) is 7.86. The third-order valence-electron chi connectivity index (χ3n) is 5.77. The molecule has 2 heterocycles. The van der Waals surface area contributed by atoms with Gasteiger partial charge in [-0.2, -0.15) is 0 Å². The highest BCUT2D eigenvalue weighted by Crippen LogP contribution is 2.34. The van der Waals surface area contributed by atoms with Crippen LogP contribution in [0.15, 0.2) is 47.0 Å². The zero-order valence-electron chi connectivity index (χ0n) is 17.3. The van der Waals surface area contributed by atoms with E-state index >= 15 is 0 Å². The fourth-order valence-corrected chi connectivity index (χ4v) is 4.23. The first-order valence-corrected chi connectivity index (χ1v) is 10.6. The Hall–Kier alpha value is -2.99. The lowest BCUT2D eigenvalue weighted by Gasteiger charge is -2.31. The predicted octanol–water partition coefficient (Wildman–Crippen LogP) is 5.49. The lowest BCUT2D eigenvalue weighted by atomic mass is 9.88. The van der Waals surface area contributed by atoms with Crippen molar-refractivity contribution in [3.8, 4) is 11.3 Å². The number of amides is 1. The topological polar surface area (TPSA) is 63.4 Å². The molecule has 5 nitrogen and oxygen atoms in total. The number of aromatic nitrogens is 1. The highest BCUT2D eigenvalue weighted by molar-refractivity contribution is 6.33. The number of hydrogen-bond donors (Lipinski definition) is 0. The molecule has 7 heteroatoms. The minimum atomic E-state index is -0.572. The van der Waals surface area contributed by atoms with Crippen molar-refractivity contribution in [2.24, 2.45) is 5.92 Å². The number of carbonyl (C=O) groups is 2. The molecule has 3 aromatic rings. The number of carbonyl (C=O) groups excluding carboxylic acids is 2. The first kappa shape index (κ1) is 21.2. The fraction of sp³-hybridized carbons (Fsp3) is 0.292. The van der Waals surface area contributed by atoms with Crippen LogP contribution in [0.2, 0.25) is 5.02 Å². The Kier molecular flexibility index (Phi) is 5.92. The van der Waals surface area contributed by atoms with Crippen molar-refractivity contribution in [3.05, 3.63) is 75.8 Å². The number of halogens is 2. The quantitative estimate of drug-likeness (QED) is 0.503. The summed E-state index contributed by atoms with van der Waals surface area (Å²) in [4.78, 5) is 27.7. The number of rotatable bonds is 4. The van der Waals surface area contributed by atoms with E-state index in [1.807, 2.05) is 31.2 Å². The molecule has 1 saturated heterocycles. The van der Waals surface area contributed by atoms with Gasteiger partial charge in [-0.3, -0.25) is 9.59 Å². The van der Waals surface area contributed by atoms with E-state index in [-0.39, 0.29) is 39.5 Å². The van der Waals surface area contributed by atoms with Crippen LogP contribution in [0, 0.1) is 25.6 Å². The van der Waals surface area contributed by atoms with Gasteiger partial charge in [0.1, 0.15) is 22.8 Å². The second-order valence-corrected chi connectivity index (χ2v) is 8.26. The lowest BCUT2D eigenvalue weighted by Crippen LogP contribution is -2.40. The summed E-state index contributed by atoms with van der Waals surface area (Å²) in [5, 5.41) is 4.07. The number of aryl methyl sites for hydroxylation is 2. The molecule has 0 bridgehead atoms. The minimum Gasteiger partial charge on any atom is -0.360 e. The number of Topliss-reactive ketones (excluding diaryl/α,β-unsaturated/α-hetero) is 1. The van der Waals surface area contributed by atoms with E-state index in [2.05, 4.69) is 5.16 Å². The third-order valence-corrected chi connectivity index (χ3v) is 6.08. The Morgan fingerprint density at radius 2 is 1.77 bits per heavy atom. The molecule has 31 heavy (non-hydrogen) atoms. The number of likely N-dealkylation sites (tertiary alicyclic amines) is 1. The second kappa shape index (κ2) is 8.63. The predicted molar refractivity (Wildman–Crippen MR) is 116 cm³/mol. The van der Waals surface area contributed by atoms with Crippen LogP contribution >= 0.6 is 11.6 Å². The van der Waals surface area contributed by atoms with Crippen molar-refractivity contribution >= 4 is 23.3 Å². The molecule has 1 fully saturated rings. The van der Waals surface area contributed by atoms with Crippen molar-refractivity contribution in [3.63, 3.8) is 0 Å². The van der Waals surface area contributed by atoms with Gasteiger partial charge < -0.3 is 9.42 Å². The van der Waals surface area contributed by atoms with E-state index in [0.717, 1.165) is 5.56 Å². The van der Waals surface area contributed by atoms with Crippen molar-refractivity contribution < 1.29 is 18.5 Å². The van der Waals surface area contributed by atoms with Crippen molar-refractivity contribution in [2.75, 3.05) is 13.1 Å². The Morgan fingerprint density at radius 1 is 1.10 bits per heavy atom. The average molecular weight is 441 g/mol. The highest BCUT2D eigenvalue weighted by Gasteiger charge is 2.32. The van der Waals surface area contributed by atoms with Gasteiger partial charge in [0.15, 0.2) is 5.78 Å². The average Bonchev–Trinajstić information content (AvgIpc) is 3.14. The van der Waals surface area contributed by atoms with Gasteiger partial charge in [0.2, 0.25) is 0 Å². The minimum absolute atomic E-state index is 0.0498. The summed E-state index contributed by atoms with van der Waals surface area (Å²) in [7, 11) is 0. The number of piperidine rings is 1. The van der Waals surface area contributed by atoms with Gasteiger partial charge in [0.05, 0.1) is 10.6 Å². The van der Waals surface area contributed by atoms with Gasteiger partial charge >= 0.3 is 0 Å². The Balaban J connectivity index is 1.52. The smallest absolute Gasteiger partial charge is 0.259 e. The number of hydrogen-bond acceptors (Lipinski definition) is 4. The van der Waals surface area contributed by atoms with Crippen LogP contribution in [-0.4, -0.2) is 34.8 Å². The van der Waals surface area contributed by atoms with Crippen molar-refractivity contribution in [1.82, 2.24) is 10.1 Å². The van der Waals surface area contributed by atoms with E-state index in [1.54, 1.807) is 17.9 Å². The summed E-state index contributed by atoms with van der Waals surface area (Å²) < 4.78 is 19.7. The standard InChI is InChI=1S/C24H22ClFN2O3/c1-14-6-8-16(9-7-14)23(29)17-10-12-28(13-11-17)24(30)20-15(2)31-27-22(20)21-18(25)4-3-5-19(21)26/h3-9,17H,10-13H2,1-2H3. The van der Waals surface area contributed by atoms with E-state index in [0.29, 0.717) is 37.3 Å². The summed E-state index contributed by atoms with van der Waals surface area (Å²) in [6.45, 7) is 4.45. The van der Waals surface area contributed by atoms with Crippen LogP contribution in [0.5, 0.6) is 0 Å². The molecule has 0 atom stereocenters. The van der Waals surface area contributed by atoms with E-state index in [1.165, 1.54) is 12.1 Å². The maximum absolute atomic E-state index is 14.4. The molecule has 160 valence electrons. The molecule has 1 aliphatic rings. The lowest BCUT2D eigenvalue weighted by molar-refractivity contribution is 0.0649. The number of benzene rings is 2. The van der Waals surface area contributed by atoms with Crippen LogP contribution in [0.3, 0.4) is 0 Å². The molecule has 0 N–H and O–H groups in total. The van der Waals surface area contributed by atoms with Gasteiger partial charge in [0.25, 0.3) is 5.91 Å². The molecule has 2 aromatic carbocycles. The zero-order valence-corrected chi connectivity index (χ0v) is 18.1. The molecule has 0 saturated carbocycles. The number of ketones is 1. The maximum atomic E-state index is 14.4. The molecule has 1 amide bonds. The van der Waals surface area contributed by atoms with E-state index in [9.17, 15) is 14.0 Å². The van der Waals surface area contributed by atoms with E-state index in [4.69, 9.17) is 16.1 Å². The van der Waals surface area contributed by atoms with Crippen LogP contribution in [0.4, 0.5) is 4.39 Å². The fourth-order valence-electron chi connectivity index (χ4n) is 3.98. The SMILES string of the molecule is Cc1ccc(C(=O)C2CCN(C(=O)c3c(-c4c(F)cccc4Cl)noc3C)CC2)cc1. The molecule has 0 radical (unpaired) electrons. The number of nitrogens with zero attached hydrogens (tertiary/aromatic N) is 2. The molecule has 1 aromatic heterocycles. The first-order valence-electron chi connectivity index (χ1n) is 10.2. The third kappa shape index (κ3) is 4.12. The van der Waals surface area contributed by atoms with Crippen LogP contribution in [0.1, 0.15) is 44.9 Å². The monoisotopic (exact) mass is 440 g/mol. The van der Waals surface area contributed by atoms with Gasteiger partial charge in [0, 0.05) is 24.6 Å². The Bertz CT molecular complexity index is 1110. The largest absolute Gasteiger partial charge is 0.360 e. The Labute approximate surface area is 184 Å². The van der Waals surface area contributed by atoms with Crippen LogP contribution in [0.25, 0.3) is 11.3 Å². The molecule has 1 aliphatic heterocycles. The van der Waals surface area contributed by atoms with Gasteiger partial charge in [-0.15, -0.1) is 0 Å². The normalized spacial score (nSPS) is 14.6. The van der Waals surface area contributed by atoms with Gasteiger partial charge in [-0.25, -0.2) is 4.39 Å². The van der Waals surface area contributed by atoms with Crippen molar-refractivity contribution in [1.29, 1.82) is 0 Å². The molecule has 4 rings (SSSR count). The molecule has 0 aliphatic carbocycles. The molecule has 0 unspecified atom stereocenters.